The van der Waals surface area contributed by atoms with E-state index < -0.39 is 0 Å². The maximum absolute atomic E-state index is 10.9. The summed E-state index contributed by atoms with van der Waals surface area (Å²) in [5.74, 6) is 0. The number of benzene rings is 1. The Morgan fingerprint density at radius 3 is 2.88 bits per heavy atom. The van der Waals surface area contributed by atoms with E-state index in [-0.39, 0.29) is 16.7 Å². The molecule has 0 heterocycles. The Hall–Kier alpha value is -0.980. The van der Waals surface area contributed by atoms with Crippen molar-refractivity contribution in [3.8, 4) is 0 Å². The number of rotatable bonds is 6. The Bertz CT molecular complexity index is 398. The van der Waals surface area contributed by atoms with Crippen LogP contribution < -0.4 is 5.32 Å². The average Bonchev–Trinajstić information content (AvgIpc) is 2.30. The average molecular weight is 303 g/mol. The summed E-state index contributed by atoms with van der Waals surface area (Å²) in [4.78, 5) is 10.5. The number of nitro benzene ring substituents is 1. The first-order valence-corrected chi connectivity index (χ1v) is 6.00. The van der Waals surface area contributed by atoms with Crippen molar-refractivity contribution in [3.05, 3.63) is 38.3 Å². The normalized spacial score (nSPS) is 12.4. The highest BCUT2D eigenvalue weighted by molar-refractivity contribution is 9.10. The Balaban J connectivity index is 2.67. The van der Waals surface area contributed by atoms with Crippen molar-refractivity contribution in [2.45, 2.75) is 19.6 Å². The van der Waals surface area contributed by atoms with Crippen LogP contribution in [0.5, 0.6) is 0 Å². The van der Waals surface area contributed by atoms with Crippen LogP contribution in [0.2, 0.25) is 0 Å². The molecule has 17 heavy (non-hydrogen) atoms. The number of nitrogens with zero attached hydrogens (tertiary/aromatic N) is 1. The van der Waals surface area contributed by atoms with Crippen LogP contribution in [0.15, 0.2) is 22.7 Å². The van der Waals surface area contributed by atoms with Gasteiger partial charge in [-0.25, -0.2) is 0 Å². The molecule has 1 rings (SSSR count). The van der Waals surface area contributed by atoms with Crippen LogP contribution in [-0.4, -0.2) is 24.7 Å². The van der Waals surface area contributed by atoms with Gasteiger partial charge in [0.15, 0.2) is 0 Å². The molecule has 1 atom stereocenters. The van der Waals surface area contributed by atoms with Gasteiger partial charge in [-0.2, -0.15) is 0 Å². The van der Waals surface area contributed by atoms with Gasteiger partial charge in [0.25, 0.3) is 5.69 Å². The molecule has 0 aliphatic rings. The SMILES string of the molecule is COC(C)CNCc1ccc(Br)cc1[N+](=O)[O-]. The molecule has 0 spiro atoms. The van der Waals surface area contributed by atoms with Crippen molar-refractivity contribution >= 4 is 21.6 Å². The number of ether oxygens (including phenoxy) is 1. The van der Waals surface area contributed by atoms with Crippen LogP contribution in [0.4, 0.5) is 5.69 Å². The lowest BCUT2D eigenvalue weighted by Gasteiger charge is -2.10. The Kier molecular flexibility index (Phi) is 5.54. The van der Waals surface area contributed by atoms with Gasteiger partial charge in [0.1, 0.15) is 0 Å². The minimum Gasteiger partial charge on any atom is -0.380 e. The van der Waals surface area contributed by atoms with E-state index >= 15 is 0 Å². The molecule has 1 aromatic rings. The van der Waals surface area contributed by atoms with Crippen molar-refractivity contribution in [1.82, 2.24) is 5.32 Å². The number of nitrogens with one attached hydrogen (secondary N) is 1. The Morgan fingerprint density at radius 1 is 1.59 bits per heavy atom. The molecule has 0 amide bonds. The zero-order chi connectivity index (χ0) is 12.8. The predicted molar refractivity (Wildman–Crippen MR) is 69.0 cm³/mol. The number of hydrogen-bond donors (Lipinski definition) is 1. The van der Waals surface area contributed by atoms with E-state index in [0.29, 0.717) is 23.1 Å². The molecule has 0 aromatic heterocycles. The van der Waals surface area contributed by atoms with Gasteiger partial charge in [0.05, 0.1) is 11.0 Å². The first kappa shape index (κ1) is 14.1. The molecular weight excluding hydrogens is 288 g/mol. The van der Waals surface area contributed by atoms with Crippen molar-refractivity contribution in [1.29, 1.82) is 0 Å². The molecule has 1 aromatic carbocycles. The molecule has 0 saturated carbocycles. The van der Waals surface area contributed by atoms with Crippen LogP contribution >= 0.6 is 15.9 Å². The van der Waals surface area contributed by atoms with Crippen molar-refractivity contribution < 1.29 is 9.66 Å². The summed E-state index contributed by atoms with van der Waals surface area (Å²) in [6, 6.07) is 5.05. The third-order valence-corrected chi connectivity index (χ3v) is 2.89. The molecule has 0 radical (unpaired) electrons. The monoisotopic (exact) mass is 302 g/mol. The van der Waals surface area contributed by atoms with Gasteiger partial charge < -0.3 is 10.1 Å². The largest absolute Gasteiger partial charge is 0.380 e. The quantitative estimate of drug-likeness (QED) is 0.648. The van der Waals surface area contributed by atoms with E-state index in [4.69, 9.17) is 4.74 Å². The number of methoxy groups -OCH3 is 1. The van der Waals surface area contributed by atoms with Gasteiger partial charge in [0.2, 0.25) is 0 Å². The zero-order valence-corrected chi connectivity index (χ0v) is 11.4. The van der Waals surface area contributed by atoms with E-state index in [2.05, 4.69) is 21.2 Å². The second kappa shape index (κ2) is 6.68. The first-order chi connectivity index (χ1) is 8.04. The second-order valence-corrected chi connectivity index (χ2v) is 4.62. The smallest absolute Gasteiger partial charge is 0.275 e. The van der Waals surface area contributed by atoms with Crippen LogP contribution in [0.3, 0.4) is 0 Å². The molecule has 1 N–H and O–H groups in total. The van der Waals surface area contributed by atoms with Gasteiger partial charge >= 0.3 is 0 Å². The molecule has 94 valence electrons. The molecule has 0 aliphatic carbocycles. The van der Waals surface area contributed by atoms with Gasteiger partial charge in [-0.3, -0.25) is 10.1 Å². The molecule has 0 saturated heterocycles. The summed E-state index contributed by atoms with van der Waals surface area (Å²) in [6.45, 7) is 3.05. The fourth-order valence-electron chi connectivity index (χ4n) is 1.35. The molecule has 0 bridgehead atoms. The predicted octanol–water partition coefficient (Wildman–Crippen LogP) is 2.48. The molecule has 0 aliphatic heterocycles. The number of hydrogen-bond acceptors (Lipinski definition) is 4. The van der Waals surface area contributed by atoms with Crippen LogP contribution in [0.1, 0.15) is 12.5 Å². The second-order valence-electron chi connectivity index (χ2n) is 3.71. The van der Waals surface area contributed by atoms with E-state index in [1.807, 2.05) is 6.92 Å². The summed E-state index contributed by atoms with van der Waals surface area (Å²) < 4.78 is 5.79. The Morgan fingerprint density at radius 2 is 2.29 bits per heavy atom. The van der Waals surface area contributed by atoms with Crippen molar-refractivity contribution in [2.75, 3.05) is 13.7 Å². The third-order valence-electron chi connectivity index (χ3n) is 2.39. The van der Waals surface area contributed by atoms with Crippen molar-refractivity contribution in [3.63, 3.8) is 0 Å². The summed E-state index contributed by atoms with van der Waals surface area (Å²) in [7, 11) is 1.63. The van der Waals surface area contributed by atoms with Gasteiger partial charge in [-0.15, -0.1) is 0 Å². The maximum atomic E-state index is 10.9. The van der Waals surface area contributed by atoms with Crippen LogP contribution in [0.25, 0.3) is 0 Å². The van der Waals surface area contributed by atoms with Gasteiger partial charge in [-0.05, 0) is 19.1 Å². The highest BCUT2D eigenvalue weighted by Crippen LogP contribution is 2.23. The third kappa shape index (κ3) is 4.41. The fraction of sp³-hybridized carbons (Fsp3) is 0.455. The molecule has 5 nitrogen and oxygen atoms in total. The number of halogens is 1. The lowest BCUT2D eigenvalue weighted by molar-refractivity contribution is -0.385. The van der Waals surface area contributed by atoms with E-state index in [9.17, 15) is 10.1 Å². The molecule has 1 unspecified atom stereocenters. The van der Waals surface area contributed by atoms with Gasteiger partial charge in [0, 0.05) is 36.3 Å². The highest BCUT2D eigenvalue weighted by Gasteiger charge is 2.13. The topological polar surface area (TPSA) is 64.4 Å². The lowest BCUT2D eigenvalue weighted by Crippen LogP contribution is -2.25. The van der Waals surface area contributed by atoms with Crippen LogP contribution in [-0.2, 0) is 11.3 Å². The first-order valence-electron chi connectivity index (χ1n) is 5.21. The van der Waals surface area contributed by atoms with Gasteiger partial charge in [-0.1, -0.05) is 15.9 Å². The van der Waals surface area contributed by atoms with Crippen LogP contribution in [0, 0.1) is 10.1 Å². The van der Waals surface area contributed by atoms with E-state index in [1.165, 1.54) is 6.07 Å². The van der Waals surface area contributed by atoms with E-state index in [1.54, 1.807) is 19.2 Å². The zero-order valence-electron chi connectivity index (χ0n) is 9.77. The fourth-order valence-corrected chi connectivity index (χ4v) is 1.70. The molecule has 0 fully saturated rings. The van der Waals surface area contributed by atoms with E-state index in [0.717, 1.165) is 0 Å². The number of nitro groups is 1. The maximum Gasteiger partial charge on any atom is 0.275 e. The minimum atomic E-state index is -0.373. The summed E-state index contributed by atoms with van der Waals surface area (Å²) in [6.07, 6.45) is 0.0875. The Labute approximate surface area is 108 Å². The summed E-state index contributed by atoms with van der Waals surface area (Å²) >= 11 is 3.22. The van der Waals surface area contributed by atoms with Crippen molar-refractivity contribution in [2.24, 2.45) is 0 Å². The molecule has 6 heteroatoms. The summed E-state index contributed by atoms with van der Waals surface area (Å²) in [5, 5.41) is 14.0. The molecular formula is C11H15BrN2O3. The lowest BCUT2D eigenvalue weighted by atomic mass is 10.2. The standard InChI is InChI=1S/C11H15BrN2O3/c1-8(17-2)6-13-7-9-3-4-10(12)5-11(9)14(15)16/h3-5,8,13H,6-7H2,1-2H3. The minimum absolute atomic E-state index is 0.0875. The highest BCUT2D eigenvalue weighted by atomic mass is 79.9. The summed E-state index contributed by atoms with van der Waals surface area (Å²) in [5.41, 5.74) is 0.790.